The van der Waals surface area contributed by atoms with Crippen molar-refractivity contribution in [3.63, 3.8) is 0 Å². The Balaban J connectivity index is 2.28. The molecule has 5 heteroatoms. The van der Waals surface area contributed by atoms with Gasteiger partial charge < -0.3 is 0 Å². The minimum Gasteiger partial charge on any atom is -0.236 e. The Morgan fingerprint density at radius 3 is 2.71 bits per heavy atom. The number of aromatic nitrogens is 3. The number of aryl methyl sites for hydroxylation is 1. The Labute approximate surface area is 130 Å². The molecule has 0 aliphatic heterocycles. The predicted molar refractivity (Wildman–Crippen MR) is 84.6 cm³/mol. The summed E-state index contributed by atoms with van der Waals surface area (Å²) in [5, 5.41) is 10.4. The molecule has 102 valence electrons. The average Bonchev–Trinajstić information content (AvgIpc) is 2.52. The Bertz CT molecular complexity index is 868. The van der Waals surface area contributed by atoms with Crippen LogP contribution in [0.15, 0.2) is 41.0 Å². The van der Waals surface area contributed by atoms with Gasteiger partial charge in [0.2, 0.25) is 0 Å². The normalized spacial score (nSPS) is 10.5. The highest BCUT2D eigenvalue weighted by molar-refractivity contribution is 9.10. The quantitative estimate of drug-likeness (QED) is 0.665. The highest BCUT2D eigenvalue weighted by atomic mass is 79.9. The largest absolute Gasteiger partial charge is 0.236 e. The van der Waals surface area contributed by atoms with Gasteiger partial charge in [-0.25, -0.2) is 15.0 Å². The predicted octanol–water partition coefficient (Wildman–Crippen LogP) is 3.89. The van der Waals surface area contributed by atoms with Gasteiger partial charge in [0.1, 0.15) is 16.5 Å². The first-order chi connectivity index (χ1) is 10.2. The number of rotatable bonds is 2. The van der Waals surface area contributed by atoms with Crippen molar-refractivity contribution in [2.24, 2.45) is 0 Å². The van der Waals surface area contributed by atoms with Crippen molar-refractivity contribution < 1.29 is 0 Å². The molecule has 4 nitrogen and oxygen atoms in total. The molecule has 0 aliphatic rings. The molecule has 0 fully saturated rings. The van der Waals surface area contributed by atoms with Crippen LogP contribution >= 0.6 is 15.9 Å². The number of nitriles is 1. The molecule has 2 heterocycles. The van der Waals surface area contributed by atoms with Crippen molar-refractivity contribution in [3.05, 3.63) is 52.5 Å². The van der Waals surface area contributed by atoms with Gasteiger partial charge in [-0.05, 0) is 34.1 Å². The number of nitrogens with zero attached hydrogens (tertiary/aromatic N) is 4. The first-order valence-electron chi connectivity index (χ1n) is 6.55. The number of fused-ring (bicyclic) bond motifs is 1. The fourth-order valence-corrected chi connectivity index (χ4v) is 2.58. The summed E-state index contributed by atoms with van der Waals surface area (Å²) < 4.78 is 0.710. The van der Waals surface area contributed by atoms with Crippen LogP contribution in [0, 0.1) is 11.3 Å². The standard InChI is InChI=1S/C16H11BrN4/c1-2-16-20-13(8-15(17)21-16)11-7-10-5-3-4-6-12(10)19-14(11)9-18/h3-8H,2H2,1H3. The number of para-hydroxylation sites is 1. The Morgan fingerprint density at radius 1 is 1.14 bits per heavy atom. The number of hydrogen-bond acceptors (Lipinski definition) is 4. The van der Waals surface area contributed by atoms with E-state index in [2.05, 4.69) is 37.0 Å². The van der Waals surface area contributed by atoms with Crippen LogP contribution in [0.25, 0.3) is 22.2 Å². The van der Waals surface area contributed by atoms with Gasteiger partial charge in [-0.15, -0.1) is 0 Å². The SMILES string of the molecule is CCc1nc(Br)cc(-c2cc3ccccc3nc2C#N)n1. The van der Waals surface area contributed by atoms with Crippen LogP contribution in [0.3, 0.4) is 0 Å². The van der Waals surface area contributed by atoms with Crippen LogP contribution in [-0.2, 0) is 6.42 Å². The number of hydrogen-bond donors (Lipinski definition) is 0. The van der Waals surface area contributed by atoms with E-state index in [0.717, 1.165) is 28.7 Å². The van der Waals surface area contributed by atoms with E-state index in [9.17, 15) is 5.26 Å². The third kappa shape index (κ3) is 2.63. The molecular formula is C16H11BrN4. The van der Waals surface area contributed by atoms with Crippen LogP contribution < -0.4 is 0 Å². The minimum atomic E-state index is 0.376. The van der Waals surface area contributed by atoms with Crippen molar-refractivity contribution in [1.82, 2.24) is 15.0 Å². The van der Waals surface area contributed by atoms with Gasteiger partial charge >= 0.3 is 0 Å². The van der Waals surface area contributed by atoms with Crippen molar-refractivity contribution in [1.29, 1.82) is 5.26 Å². The molecular weight excluding hydrogens is 328 g/mol. The zero-order valence-corrected chi connectivity index (χ0v) is 12.9. The second kappa shape index (κ2) is 5.58. The molecule has 0 N–H and O–H groups in total. The molecule has 0 aliphatic carbocycles. The fraction of sp³-hybridized carbons (Fsp3) is 0.125. The van der Waals surface area contributed by atoms with E-state index < -0.39 is 0 Å². The molecule has 0 bridgehead atoms. The number of pyridine rings is 1. The molecule has 0 amide bonds. The number of halogens is 1. The zero-order valence-electron chi connectivity index (χ0n) is 11.3. The Hall–Kier alpha value is -2.32. The van der Waals surface area contributed by atoms with E-state index >= 15 is 0 Å². The Morgan fingerprint density at radius 2 is 1.95 bits per heavy atom. The van der Waals surface area contributed by atoms with Crippen LogP contribution in [0.1, 0.15) is 18.4 Å². The summed E-state index contributed by atoms with van der Waals surface area (Å²) in [6.07, 6.45) is 0.731. The lowest BCUT2D eigenvalue weighted by atomic mass is 10.1. The third-order valence-corrected chi connectivity index (χ3v) is 3.57. The second-order valence-corrected chi connectivity index (χ2v) is 5.35. The van der Waals surface area contributed by atoms with Crippen LogP contribution in [0.4, 0.5) is 0 Å². The molecule has 1 aromatic carbocycles. The minimum absolute atomic E-state index is 0.376. The molecule has 2 aromatic heterocycles. The van der Waals surface area contributed by atoms with Crippen molar-refractivity contribution >= 4 is 26.8 Å². The first kappa shape index (κ1) is 13.7. The molecule has 21 heavy (non-hydrogen) atoms. The van der Waals surface area contributed by atoms with Crippen LogP contribution in [-0.4, -0.2) is 15.0 Å². The average molecular weight is 339 g/mol. The maximum atomic E-state index is 9.37. The van der Waals surface area contributed by atoms with Gasteiger partial charge in [0, 0.05) is 17.4 Å². The lowest BCUT2D eigenvalue weighted by Gasteiger charge is -2.07. The number of benzene rings is 1. The molecule has 0 saturated heterocycles. The maximum absolute atomic E-state index is 9.37. The van der Waals surface area contributed by atoms with Gasteiger partial charge in [0.05, 0.1) is 11.2 Å². The lowest BCUT2D eigenvalue weighted by Crippen LogP contribution is -1.98. The van der Waals surface area contributed by atoms with E-state index in [0.29, 0.717) is 16.0 Å². The van der Waals surface area contributed by atoms with E-state index in [1.165, 1.54) is 0 Å². The van der Waals surface area contributed by atoms with E-state index in [4.69, 9.17) is 0 Å². The van der Waals surface area contributed by atoms with Gasteiger partial charge in [0.25, 0.3) is 0 Å². The van der Waals surface area contributed by atoms with E-state index in [1.807, 2.05) is 43.3 Å². The molecule has 3 rings (SSSR count). The summed E-state index contributed by atoms with van der Waals surface area (Å²) in [6.45, 7) is 2.00. The summed E-state index contributed by atoms with van der Waals surface area (Å²) in [5.74, 6) is 0.733. The third-order valence-electron chi connectivity index (χ3n) is 3.16. The summed E-state index contributed by atoms with van der Waals surface area (Å²) in [7, 11) is 0. The van der Waals surface area contributed by atoms with Gasteiger partial charge in [-0.3, -0.25) is 0 Å². The van der Waals surface area contributed by atoms with Gasteiger partial charge in [-0.1, -0.05) is 25.1 Å². The van der Waals surface area contributed by atoms with Crippen LogP contribution in [0.2, 0.25) is 0 Å². The summed E-state index contributed by atoms with van der Waals surface area (Å²) >= 11 is 3.39. The van der Waals surface area contributed by atoms with Crippen molar-refractivity contribution in [2.75, 3.05) is 0 Å². The molecule has 0 radical (unpaired) electrons. The summed E-state index contributed by atoms with van der Waals surface area (Å²) in [6, 6.07) is 13.7. The summed E-state index contributed by atoms with van der Waals surface area (Å²) in [5.41, 5.74) is 2.63. The van der Waals surface area contributed by atoms with Crippen molar-refractivity contribution in [2.45, 2.75) is 13.3 Å². The molecule has 0 spiro atoms. The zero-order chi connectivity index (χ0) is 14.8. The van der Waals surface area contributed by atoms with E-state index in [-0.39, 0.29) is 0 Å². The topological polar surface area (TPSA) is 62.5 Å². The van der Waals surface area contributed by atoms with Gasteiger partial charge in [0.15, 0.2) is 5.69 Å². The highest BCUT2D eigenvalue weighted by Gasteiger charge is 2.12. The van der Waals surface area contributed by atoms with Gasteiger partial charge in [-0.2, -0.15) is 5.26 Å². The molecule has 0 unspecified atom stereocenters. The maximum Gasteiger partial charge on any atom is 0.150 e. The van der Waals surface area contributed by atoms with Crippen molar-refractivity contribution in [3.8, 4) is 17.3 Å². The molecule has 0 atom stereocenters. The monoisotopic (exact) mass is 338 g/mol. The fourth-order valence-electron chi connectivity index (χ4n) is 2.16. The molecule has 3 aromatic rings. The molecule has 0 saturated carbocycles. The summed E-state index contributed by atoms with van der Waals surface area (Å²) in [4.78, 5) is 13.2. The lowest BCUT2D eigenvalue weighted by molar-refractivity contribution is 0.931. The second-order valence-electron chi connectivity index (χ2n) is 4.53. The highest BCUT2D eigenvalue weighted by Crippen LogP contribution is 2.26. The smallest absolute Gasteiger partial charge is 0.150 e. The van der Waals surface area contributed by atoms with E-state index in [1.54, 1.807) is 0 Å². The van der Waals surface area contributed by atoms with Crippen LogP contribution in [0.5, 0.6) is 0 Å². The first-order valence-corrected chi connectivity index (χ1v) is 7.34. The Kier molecular flexibility index (Phi) is 3.63.